The summed E-state index contributed by atoms with van der Waals surface area (Å²) in [5, 5.41) is 0. The molecule has 2 heteroatoms. The monoisotopic (exact) mass is 261 g/mol. The van der Waals surface area contributed by atoms with Gasteiger partial charge in [-0.1, -0.05) is 48.0 Å². The molecule has 0 aliphatic rings. The third-order valence-electron chi connectivity index (χ3n) is 3.42. The van der Waals surface area contributed by atoms with Crippen LogP contribution in [0.2, 0.25) is 0 Å². The Labute approximate surface area is 122 Å². The third-order valence-corrected chi connectivity index (χ3v) is 3.42. The van der Waals surface area contributed by atoms with Crippen molar-refractivity contribution in [2.24, 2.45) is 0 Å². The summed E-state index contributed by atoms with van der Waals surface area (Å²) in [4.78, 5) is 4.60. The maximum absolute atomic E-state index is 4.60. The van der Waals surface area contributed by atoms with Crippen molar-refractivity contribution in [3.05, 3.63) is 65.9 Å². The Balaban J connectivity index is 2.37. The van der Waals surface area contributed by atoms with Gasteiger partial charge in [-0.2, -0.15) is 0 Å². The lowest BCUT2D eigenvalue weighted by Gasteiger charge is -2.08. The van der Waals surface area contributed by atoms with E-state index < -0.39 is 0 Å². The summed E-state index contributed by atoms with van der Waals surface area (Å²) in [6.45, 7) is 6.28. The lowest BCUT2D eigenvalue weighted by atomic mass is 9.94. The maximum Gasteiger partial charge on any atom is 0.139 e. The van der Waals surface area contributed by atoms with Crippen LogP contribution in [-0.2, 0) is 0 Å². The Kier molecular flexibility index (Phi) is 4.57. The first-order chi connectivity index (χ1) is 9.61. The molecular formula is C18H20BN. The number of nitrogens with zero attached hydrogens (tertiary/aromatic N) is 1. The highest BCUT2D eigenvalue weighted by Gasteiger charge is 2.04. The van der Waals surface area contributed by atoms with E-state index in [1.54, 1.807) is 0 Å². The van der Waals surface area contributed by atoms with Crippen molar-refractivity contribution in [1.29, 1.82) is 0 Å². The van der Waals surface area contributed by atoms with E-state index in [9.17, 15) is 0 Å². The number of hydrogen-bond donors (Lipinski definition) is 0. The second-order valence-electron chi connectivity index (χ2n) is 5.13. The minimum absolute atomic E-state index is 1.03. The van der Waals surface area contributed by atoms with Crippen molar-refractivity contribution in [3.63, 3.8) is 0 Å². The molecule has 0 saturated heterocycles. The first kappa shape index (κ1) is 14.3. The fourth-order valence-electron chi connectivity index (χ4n) is 2.18. The fourth-order valence-corrected chi connectivity index (χ4v) is 2.18. The van der Waals surface area contributed by atoms with E-state index in [1.807, 2.05) is 19.2 Å². The zero-order chi connectivity index (χ0) is 14.5. The number of rotatable bonds is 3. The van der Waals surface area contributed by atoms with Crippen LogP contribution >= 0.6 is 0 Å². The van der Waals surface area contributed by atoms with Crippen LogP contribution in [0, 0.1) is 6.92 Å². The Hall–Kier alpha value is -2.09. The first-order valence-corrected chi connectivity index (χ1v) is 6.95. The molecule has 0 radical (unpaired) electrons. The summed E-state index contributed by atoms with van der Waals surface area (Å²) < 4.78 is 0. The molecule has 1 aromatic heterocycles. The smallest absolute Gasteiger partial charge is 0.139 e. The molecule has 0 atom stereocenters. The Morgan fingerprint density at radius 3 is 2.50 bits per heavy atom. The summed E-state index contributed by atoms with van der Waals surface area (Å²) in [7, 11) is 2.10. The number of pyridine rings is 1. The number of allylic oxidation sites excluding steroid dienone is 4. The highest BCUT2D eigenvalue weighted by Crippen LogP contribution is 2.23. The zero-order valence-corrected chi connectivity index (χ0v) is 12.6. The maximum atomic E-state index is 4.60. The summed E-state index contributed by atoms with van der Waals surface area (Å²) >= 11 is 0. The van der Waals surface area contributed by atoms with Crippen molar-refractivity contribution in [1.82, 2.24) is 4.98 Å². The number of hydrogen-bond acceptors (Lipinski definition) is 1. The Bertz CT molecular complexity index is 652. The van der Waals surface area contributed by atoms with Gasteiger partial charge in [-0.25, -0.2) is 0 Å². The van der Waals surface area contributed by atoms with Crippen molar-refractivity contribution in [2.45, 2.75) is 20.8 Å². The van der Waals surface area contributed by atoms with E-state index in [-0.39, 0.29) is 0 Å². The molecule has 0 aliphatic heterocycles. The summed E-state index contributed by atoms with van der Waals surface area (Å²) in [5.41, 5.74) is 7.17. The van der Waals surface area contributed by atoms with Crippen LogP contribution in [0.3, 0.4) is 0 Å². The zero-order valence-electron chi connectivity index (χ0n) is 12.6. The van der Waals surface area contributed by atoms with Crippen LogP contribution < -0.4 is 5.46 Å². The number of aryl methyl sites for hydroxylation is 1. The van der Waals surface area contributed by atoms with Gasteiger partial charge in [0.05, 0.1) is 5.69 Å². The molecule has 0 aliphatic carbocycles. The molecule has 0 fully saturated rings. The molecule has 0 amide bonds. The lowest BCUT2D eigenvalue weighted by molar-refractivity contribution is 1.26. The minimum Gasteiger partial charge on any atom is -0.256 e. The van der Waals surface area contributed by atoms with Gasteiger partial charge in [-0.15, -0.1) is 0 Å². The van der Waals surface area contributed by atoms with E-state index in [2.05, 4.69) is 69.2 Å². The molecule has 2 aromatic rings. The summed E-state index contributed by atoms with van der Waals surface area (Å²) in [5.74, 6) is 0. The molecule has 0 unspecified atom stereocenters. The van der Waals surface area contributed by atoms with Gasteiger partial charge >= 0.3 is 0 Å². The van der Waals surface area contributed by atoms with E-state index in [0.717, 1.165) is 5.69 Å². The van der Waals surface area contributed by atoms with Crippen molar-refractivity contribution in [2.75, 3.05) is 0 Å². The Morgan fingerprint density at radius 1 is 1.20 bits per heavy atom. The predicted molar refractivity (Wildman–Crippen MR) is 91.1 cm³/mol. The average Bonchev–Trinajstić information content (AvgIpc) is 2.45. The Morgan fingerprint density at radius 2 is 1.90 bits per heavy atom. The molecule has 0 saturated carbocycles. The summed E-state index contributed by atoms with van der Waals surface area (Å²) in [6, 6.07) is 10.7. The van der Waals surface area contributed by atoms with Crippen LogP contribution in [0.15, 0.2) is 54.8 Å². The highest BCUT2D eigenvalue weighted by atomic mass is 14.7. The minimum atomic E-state index is 1.03. The second kappa shape index (κ2) is 6.38. The highest BCUT2D eigenvalue weighted by molar-refractivity contribution is 6.32. The van der Waals surface area contributed by atoms with Crippen LogP contribution in [0.4, 0.5) is 0 Å². The number of benzene rings is 1. The lowest BCUT2D eigenvalue weighted by Crippen LogP contribution is -2.00. The van der Waals surface area contributed by atoms with Gasteiger partial charge in [-0.3, -0.25) is 4.98 Å². The van der Waals surface area contributed by atoms with Gasteiger partial charge in [0.2, 0.25) is 0 Å². The fraction of sp³-hybridized carbons (Fsp3) is 0.167. The largest absolute Gasteiger partial charge is 0.256 e. The molecule has 1 nitrogen and oxygen atoms in total. The quantitative estimate of drug-likeness (QED) is 0.610. The van der Waals surface area contributed by atoms with Gasteiger partial charge < -0.3 is 0 Å². The third kappa shape index (κ3) is 3.27. The molecular weight excluding hydrogens is 241 g/mol. The molecule has 1 aromatic carbocycles. The topological polar surface area (TPSA) is 12.9 Å². The molecule has 100 valence electrons. The molecule has 20 heavy (non-hydrogen) atoms. The van der Waals surface area contributed by atoms with E-state index in [0.29, 0.717) is 0 Å². The van der Waals surface area contributed by atoms with Gasteiger partial charge in [0.15, 0.2) is 0 Å². The van der Waals surface area contributed by atoms with Crippen LogP contribution in [0.5, 0.6) is 0 Å². The van der Waals surface area contributed by atoms with Crippen LogP contribution in [-0.4, -0.2) is 12.8 Å². The van der Waals surface area contributed by atoms with Crippen molar-refractivity contribution in [3.8, 4) is 11.3 Å². The van der Waals surface area contributed by atoms with Gasteiger partial charge in [-0.05, 0) is 43.5 Å². The van der Waals surface area contributed by atoms with E-state index in [4.69, 9.17) is 0 Å². The molecule has 0 N–H and O–H groups in total. The van der Waals surface area contributed by atoms with E-state index >= 15 is 0 Å². The van der Waals surface area contributed by atoms with Gasteiger partial charge in [0.1, 0.15) is 7.85 Å². The van der Waals surface area contributed by atoms with Crippen molar-refractivity contribution >= 4 is 18.9 Å². The van der Waals surface area contributed by atoms with Gasteiger partial charge in [0, 0.05) is 11.8 Å². The SMILES string of the molecule is Bc1ccc(-c2cc(C)c(/C(C)=C/C=C\C)cn2)cc1. The van der Waals surface area contributed by atoms with Gasteiger partial charge in [0.25, 0.3) is 0 Å². The molecule has 0 spiro atoms. The predicted octanol–water partition coefficient (Wildman–Crippen LogP) is 3.29. The average molecular weight is 261 g/mol. The normalized spacial score (nSPS) is 12.1. The van der Waals surface area contributed by atoms with Crippen LogP contribution in [0.25, 0.3) is 16.8 Å². The van der Waals surface area contributed by atoms with Crippen LogP contribution in [0.1, 0.15) is 25.0 Å². The number of aromatic nitrogens is 1. The standard InChI is InChI=1S/C18H20BN/c1-4-5-6-13(2)17-12-20-18(11-14(17)3)15-7-9-16(19)10-8-15/h4-12H,19H2,1-3H3/b5-4-,13-6+. The first-order valence-electron chi connectivity index (χ1n) is 6.95. The molecule has 1 heterocycles. The molecule has 2 rings (SSSR count). The molecule has 0 bridgehead atoms. The van der Waals surface area contributed by atoms with E-state index in [1.165, 1.54) is 27.7 Å². The summed E-state index contributed by atoms with van der Waals surface area (Å²) in [6.07, 6.45) is 8.19. The van der Waals surface area contributed by atoms with Crippen molar-refractivity contribution < 1.29 is 0 Å². The second-order valence-corrected chi connectivity index (χ2v) is 5.13.